The van der Waals surface area contributed by atoms with Crippen LogP contribution in [0.25, 0.3) is 11.0 Å². The number of para-hydroxylation sites is 2. The van der Waals surface area contributed by atoms with E-state index in [1.54, 1.807) is 0 Å². The molecular formula is C17H26ClN3. The summed E-state index contributed by atoms with van der Waals surface area (Å²) in [7, 11) is 2.19. The van der Waals surface area contributed by atoms with Crippen LogP contribution in [-0.4, -0.2) is 40.0 Å². The van der Waals surface area contributed by atoms with Gasteiger partial charge in [-0.3, -0.25) is 0 Å². The summed E-state index contributed by atoms with van der Waals surface area (Å²) < 4.78 is 2.34. The molecule has 2 aromatic rings. The average Bonchev–Trinajstić information content (AvgIpc) is 2.81. The van der Waals surface area contributed by atoms with Gasteiger partial charge in [-0.1, -0.05) is 12.1 Å². The first-order chi connectivity index (χ1) is 10.1. The molecule has 0 aliphatic carbocycles. The van der Waals surface area contributed by atoms with E-state index in [2.05, 4.69) is 48.6 Å². The molecule has 1 aromatic heterocycles. The highest BCUT2D eigenvalue weighted by Crippen LogP contribution is 2.17. The van der Waals surface area contributed by atoms with Crippen LogP contribution in [0, 0.1) is 0 Å². The Morgan fingerprint density at radius 2 is 2.00 bits per heavy atom. The van der Waals surface area contributed by atoms with Gasteiger partial charge in [-0.05, 0) is 52.4 Å². The molecule has 0 aliphatic heterocycles. The van der Waals surface area contributed by atoms with Crippen LogP contribution in [0.2, 0.25) is 0 Å². The van der Waals surface area contributed by atoms with E-state index >= 15 is 0 Å². The van der Waals surface area contributed by atoms with E-state index in [1.807, 2.05) is 6.07 Å². The predicted molar refractivity (Wildman–Crippen MR) is 91.2 cm³/mol. The normalized spacial score (nSPS) is 11.9. The third kappa shape index (κ3) is 4.21. The molecule has 0 fully saturated rings. The number of rotatable bonds is 8. The summed E-state index contributed by atoms with van der Waals surface area (Å²) in [5.74, 6) is 1.74. The number of unbranched alkanes of at least 4 members (excludes halogenated alkanes) is 1. The van der Waals surface area contributed by atoms with Crippen molar-refractivity contribution in [1.29, 1.82) is 0 Å². The number of hydrogen-bond donors (Lipinski definition) is 0. The Bertz CT molecular complexity index is 562. The maximum Gasteiger partial charge on any atom is 0.111 e. The van der Waals surface area contributed by atoms with Gasteiger partial charge >= 0.3 is 0 Å². The van der Waals surface area contributed by atoms with Crippen molar-refractivity contribution in [3.05, 3.63) is 30.1 Å². The summed E-state index contributed by atoms with van der Waals surface area (Å²) in [6.45, 7) is 6.65. The van der Waals surface area contributed by atoms with Gasteiger partial charge in [-0.2, -0.15) is 0 Å². The van der Waals surface area contributed by atoms with Gasteiger partial charge in [0.15, 0.2) is 0 Å². The Morgan fingerprint density at radius 3 is 2.71 bits per heavy atom. The summed E-state index contributed by atoms with van der Waals surface area (Å²) in [6, 6.07) is 8.97. The highest BCUT2D eigenvalue weighted by atomic mass is 35.5. The predicted octanol–water partition coefficient (Wildman–Crippen LogP) is 3.94. The Balaban J connectivity index is 2.01. The van der Waals surface area contributed by atoms with E-state index in [0.717, 1.165) is 30.9 Å². The second kappa shape index (κ2) is 7.81. The monoisotopic (exact) mass is 307 g/mol. The zero-order chi connectivity index (χ0) is 15.2. The van der Waals surface area contributed by atoms with E-state index < -0.39 is 0 Å². The Hall–Kier alpha value is -1.06. The summed E-state index contributed by atoms with van der Waals surface area (Å²) in [5, 5.41) is 0. The van der Waals surface area contributed by atoms with Crippen LogP contribution in [0.15, 0.2) is 24.3 Å². The lowest BCUT2D eigenvalue weighted by molar-refractivity contribution is 0.266. The number of hydrogen-bond acceptors (Lipinski definition) is 2. The largest absolute Gasteiger partial charge is 0.328 e. The molecule has 2 rings (SSSR count). The number of aryl methyl sites for hydroxylation is 2. The third-order valence-electron chi connectivity index (χ3n) is 4.08. The Morgan fingerprint density at radius 1 is 1.24 bits per heavy atom. The summed E-state index contributed by atoms with van der Waals surface area (Å²) >= 11 is 5.91. The van der Waals surface area contributed by atoms with Crippen molar-refractivity contribution < 1.29 is 0 Å². The van der Waals surface area contributed by atoms with Crippen LogP contribution < -0.4 is 0 Å². The van der Waals surface area contributed by atoms with E-state index in [9.17, 15) is 0 Å². The van der Waals surface area contributed by atoms with Crippen molar-refractivity contribution >= 4 is 22.6 Å². The highest BCUT2D eigenvalue weighted by molar-refractivity contribution is 6.17. The SMILES string of the molecule is CC(C)N(C)CCCCn1c(CCCl)nc2ccccc21. The smallest absolute Gasteiger partial charge is 0.111 e. The molecular weight excluding hydrogens is 282 g/mol. The van der Waals surface area contributed by atoms with Crippen LogP contribution in [0.4, 0.5) is 0 Å². The van der Waals surface area contributed by atoms with Gasteiger partial charge in [0.1, 0.15) is 5.82 Å². The molecule has 0 spiro atoms. The number of fused-ring (bicyclic) bond motifs is 1. The lowest BCUT2D eigenvalue weighted by atomic mass is 10.2. The quantitative estimate of drug-likeness (QED) is 0.544. The van der Waals surface area contributed by atoms with Gasteiger partial charge in [0.2, 0.25) is 0 Å². The minimum absolute atomic E-state index is 0.617. The Kier molecular flexibility index (Phi) is 6.07. The van der Waals surface area contributed by atoms with E-state index in [1.165, 1.54) is 18.4 Å². The fourth-order valence-corrected chi connectivity index (χ4v) is 2.71. The molecule has 0 unspecified atom stereocenters. The van der Waals surface area contributed by atoms with Gasteiger partial charge in [0.25, 0.3) is 0 Å². The topological polar surface area (TPSA) is 21.1 Å². The highest BCUT2D eigenvalue weighted by Gasteiger charge is 2.10. The number of alkyl halides is 1. The molecule has 4 heteroatoms. The van der Waals surface area contributed by atoms with Gasteiger partial charge in [-0.25, -0.2) is 4.98 Å². The van der Waals surface area contributed by atoms with Crippen molar-refractivity contribution in [2.24, 2.45) is 0 Å². The molecule has 116 valence electrons. The first-order valence-corrected chi connectivity index (χ1v) is 8.37. The molecule has 21 heavy (non-hydrogen) atoms. The molecule has 0 saturated carbocycles. The average molecular weight is 308 g/mol. The van der Waals surface area contributed by atoms with Crippen molar-refractivity contribution in [3.8, 4) is 0 Å². The molecule has 0 atom stereocenters. The molecule has 0 amide bonds. The van der Waals surface area contributed by atoms with Crippen LogP contribution >= 0.6 is 11.6 Å². The molecule has 3 nitrogen and oxygen atoms in total. The van der Waals surface area contributed by atoms with Gasteiger partial charge in [-0.15, -0.1) is 11.6 Å². The van der Waals surface area contributed by atoms with Crippen LogP contribution in [-0.2, 0) is 13.0 Å². The summed E-state index contributed by atoms with van der Waals surface area (Å²) in [6.07, 6.45) is 3.22. The van der Waals surface area contributed by atoms with Crippen molar-refractivity contribution in [3.63, 3.8) is 0 Å². The van der Waals surface area contributed by atoms with E-state index in [0.29, 0.717) is 11.9 Å². The van der Waals surface area contributed by atoms with Crippen LogP contribution in [0.3, 0.4) is 0 Å². The lowest BCUT2D eigenvalue weighted by Crippen LogP contribution is -2.27. The Labute approximate surface area is 132 Å². The van der Waals surface area contributed by atoms with E-state index in [-0.39, 0.29) is 0 Å². The number of benzene rings is 1. The van der Waals surface area contributed by atoms with Crippen LogP contribution in [0.5, 0.6) is 0 Å². The maximum atomic E-state index is 5.91. The zero-order valence-electron chi connectivity index (χ0n) is 13.3. The van der Waals surface area contributed by atoms with Crippen LogP contribution in [0.1, 0.15) is 32.5 Å². The maximum absolute atomic E-state index is 5.91. The first-order valence-electron chi connectivity index (χ1n) is 7.84. The molecule has 0 saturated heterocycles. The zero-order valence-corrected chi connectivity index (χ0v) is 14.1. The fourth-order valence-electron chi connectivity index (χ4n) is 2.54. The minimum Gasteiger partial charge on any atom is -0.328 e. The molecule has 0 radical (unpaired) electrons. The van der Waals surface area contributed by atoms with Gasteiger partial charge < -0.3 is 9.47 Å². The first kappa shape index (κ1) is 16.3. The molecule has 1 heterocycles. The second-order valence-corrected chi connectivity index (χ2v) is 6.27. The number of aromatic nitrogens is 2. The van der Waals surface area contributed by atoms with Crippen molar-refractivity contribution in [2.75, 3.05) is 19.5 Å². The number of halogens is 1. The van der Waals surface area contributed by atoms with Gasteiger partial charge in [0.05, 0.1) is 11.0 Å². The lowest BCUT2D eigenvalue weighted by Gasteiger charge is -2.20. The number of imidazole rings is 1. The molecule has 0 aliphatic rings. The van der Waals surface area contributed by atoms with E-state index in [4.69, 9.17) is 16.6 Å². The second-order valence-electron chi connectivity index (χ2n) is 5.89. The fraction of sp³-hybridized carbons (Fsp3) is 0.588. The standard InChI is InChI=1S/C17H26ClN3/c1-14(2)20(3)12-6-7-13-21-16-9-5-4-8-15(16)19-17(21)10-11-18/h4-5,8-9,14H,6-7,10-13H2,1-3H3. The number of nitrogens with zero attached hydrogens (tertiary/aromatic N) is 3. The van der Waals surface area contributed by atoms with Crippen molar-refractivity contribution in [1.82, 2.24) is 14.5 Å². The summed E-state index contributed by atoms with van der Waals surface area (Å²) in [4.78, 5) is 7.11. The van der Waals surface area contributed by atoms with Gasteiger partial charge in [0, 0.05) is 24.9 Å². The third-order valence-corrected chi connectivity index (χ3v) is 4.26. The molecule has 0 bridgehead atoms. The molecule has 1 aromatic carbocycles. The summed E-state index contributed by atoms with van der Waals surface area (Å²) in [5.41, 5.74) is 2.31. The minimum atomic E-state index is 0.617. The molecule has 0 N–H and O–H groups in total. The van der Waals surface area contributed by atoms with Crippen molar-refractivity contribution in [2.45, 2.75) is 45.7 Å².